The van der Waals surface area contributed by atoms with E-state index >= 15 is 0 Å². The summed E-state index contributed by atoms with van der Waals surface area (Å²) in [4.78, 5) is 12.9. The molecule has 0 amide bonds. The predicted octanol–water partition coefficient (Wildman–Crippen LogP) is 6.17. The van der Waals surface area contributed by atoms with Crippen LogP contribution in [0.5, 0.6) is 5.75 Å². The number of carbonyl (C=O) groups is 1. The standard InChI is InChI=1S/C21H25ClNO2PS/c1-16-9-11-18(12-10-16)25-26(22,19-13-14-19)23-21(2,3)20(24)27-15-17-7-5-4-6-8-17/h4-12,23H,13-15H2,1-3H3. The molecule has 0 aliphatic heterocycles. The SMILES string of the molecule is Cc1ccc(OP(Cl)(NC(C)(C)C(=O)SCc2ccccc2)=C2CC2)cc1. The van der Waals surface area contributed by atoms with Crippen molar-refractivity contribution in [2.45, 2.75) is 44.9 Å². The number of carbonyl (C=O) groups excluding carboxylic acids is 1. The molecule has 2 aromatic carbocycles. The molecular formula is C21H25ClNO2PS. The van der Waals surface area contributed by atoms with E-state index in [0.29, 0.717) is 5.75 Å². The summed E-state index contributed by atoms with van der Waals surface area (Å²) in [5.41, 5.74) is 1.52. The molecule has 0 heterocycles. The highest BCUT2D eigenvalue weighted by atomic mass is 35.7. The Morgan fingerprint density at radius 1 is 1.15 bits per heavy atom. The van der Waals surface area contributed by atoms with Gasteiger partial charge in [-0.05, 0) is 67.8 Å². The van der Waals surface area contributed by atoms with E-state index in [2.05, 4.69) is 5.09 Å². The zero-order valence-corrected chi connectivity index (χ0v) is 18.3. The van der Waals surface area contributed by atoms with E-state index in [1.54, 1.807) is 0 Å². The van der Waals surface area contributed by atoms with E-state index in [1.807, 2.05) is 75.4 Å². The first-order valence-electron chi connectivity index (χ1n) is 8.99. The normalized spacial score (nSPS) is 15.9. The predicted molar refractivity (Wildman–Crippen MR) is 119 cm³/mol. The summed E-state index contributed by atoms with van der Waals surface area (Å²) in [5.74, 6) is 1.38. The number of hydrogen-bond donors (Lipinski definition) is 1. The largest absolute Gasteiger partial charge is 0.449 e. The zero-order valence-electron chi connectivity index (χ0n) is 15.9. The fourth-order valence-corrected chi connectivity index (χ4v) is 7.17. The molecule has 0 radical (unpaired) electrons. The molecule has 27 heavy (non-hydrogen) atoms. The summed E-state index contributed by atoms with van der Waals surface area (Å²) >= 11 is 8.25. The van der Waals surface area contributed by atoms with Crippen molar-refractivity contribution in [2.75, 3.05) is 0 Å². The van der Waals surface area contributed by atoms with Gasteiger partial charge in [-0.2, -0.15) is 0 Å². The molecule has 0 bridgehead atoms. The molecule has 1 saturated carbocycles. The van der Waals surface area contributed by atoms with E-state index in [-0.39, 0.29) is 5.12 Å². The molecule has 2 aromatic rings. The Morgan fingerprint density at radius 3 is 2.37 bits per heavy atom. The lowest BCUT2D eigenvalue weighted by Gasteiger charge is -2.31. The highest BCUT2D eigenvalue weighted by molar-refractivity contribution is 8.13. The first kappa shape index (κ1) is 20.5. The van der Waals surface area contributed by atoms with Gasteiger partial charge in [-0.25, -0.2) is 5.09 Å². The van der Waals surface area contributed by atoms with E-state index in [1.165, 1.54) is 22.6 Å². The summed E-state index contributed by atoms with van der Waals surface area (Å²) in [6.07, 6.45) is 1.91. The second kappa shape index (κ2) is 8.45. The Kier molecular flexibility index (Phi) is 6.43. The molecule has 1 unspecified atom stereocenters. The molecule has 1 aliphatic rings. The highest BCUT2D eigenvalue weighted by Gasteiger charge is 2.38. The van der Waals surface area contributed by atoms with Crippen molar-refractivity contribution in [3.63, 3.8) is 0 Å². The topological polar surface area (TPSA) is 38.3 Å². The van der Waals surface area contributed by atoms with E-state index in [9.17, 15) is 4.79 Å². The number of hydrogen-bond acceptors (Lipinski definition) is 4. The van der Waals surface area contributed by atoms with Crippen molar-refractivity contribution in [2.24, 2.45) is 0 Å². The van der Waals surface area contributed by atoms with Gasteiger partial charge in [0.05, 0.1) is 5.54 Å². The van der Waals surface area contributed by atoms with Crippen LogP contribution < -0.4 is 9.61 Å². The van der Waals surface area contributed by atoms with Gasteiger partial charge in [0.1, 0.15) is 5.75 Å². The maximum atomic E-state index is 12.9. The van der Waals surface area contributed by atoms with Crippen molar-refractivity contribution in [3.05, 3.63) is 65.7 Å². The average molecular weight is 422 g/mol. The number of rotatable bonds is 7. The number of nitrogens with one attached hydrogen (secondary N) is 1. The highest BCUT2D eigenvalue weighted by Crippen LogP contribution is 2.58. The molecule has 6 heteroatoms. The monoisotopic (exact) mass is 421 g/mol. The van der Waals surface area contributed by atoms with Gasteiger partial charge in [0.15, 0.2) is 0 Å². The summed E-state index contributed by atoms with van der Waals surface area (Å²) in [5, 5.41) is 4.62. The van der Waals surface area contributed by atoms with Gasteiger partial charge in [0, 0.05) is 5.75 Å². The second-order valence-corrected chi connectivity index (χ2v) is 11.8. The molecule has 144 valence electrons. The summed E-state index contributed by atoms with van der Waals surface area (Å²) < 4.78 is 6.20. The fraction of sp³-hybridized carbons (Fsp3) is 0.333. The van der Waals surface area contributed by atoms with Gasteiger partial charge in [-0.3, -0.25) is 4.79 Å². The zero-order chi connectivity index (χ0) is 19.5. The molecule has 1 atom stereocenters. The summed E-state index contributed by atoms with van der Waals surface area (Å²) in [7, 11) is 0. The molecule has 0 aromatic heterocycles. The molecule has 0 spiro atoms. The van der Waals surface area contributed by atoms with Crippen LogP contribution in [0.1, 0.15) is 37.8 Å². The van der Waals surface area contributed by atoms with Crippen molar-refractivity contribution in [1.82, 2.24) is 5.09 Å². The van der Waals surface area contributed by atoms with Crippen LogP contribution in [0, 0.1) is 6.92 Å². The Bertz CT molecular complexity index is 860. The molecular weight excluding hydrogens is 397 g/mol. The van der Waals surface area contributed by atoms with Gasteiger partial charge < -0.3 is 4.52 Å². The van der Waals surface area contributed by atoms with Crippen LogP contribution in [-0.2, 0) is 10.5 Å². The first-order chi connectivity index (χ1) is 12.8. The van der Waals surface area contributed by atoms with Crippen LogP contribution >= 0.6 is 29.6 Å². The molecule has 1 aliphatic carbocycles. The Balaban J connectivity index is 1.70. The quantitative estimate of drug-likeness (QED) is 0.542. The number of aryl methyl sites for hydroxylation is 1. The van der Waals surface area contributed by atoms with Gasteiger partial charge in [-0.15, -0.1) is 0 Å². The summed E-state index contributed by atoms with van der Waals surface area (Å²) in [6.45, 7) is 3.26. The minimum Gasteiger partial charge on any atom is -0.449 e. The smallest absolute Gasteiger partial charge is 0.209 e. The lowest BCUT2D eigenvalue weighted by Crippen LogP contribution is -2.43. The Morgan fingerprint density at radius 2 is 1.78 bits per heavy atom. The minimum atomic E-state index is -2.53. The third kappa shape index (κ3) is 5.65. The average Bonchev–Trinajstić information content (AvgIpc) is 3.48. The molecule has 0 saturated heterocycles. The van der Waals surface area contributed by atoms with Gasteiger partial charge in [0.2, 0.25) is 11.7 Å². The van der Waals surface area contributed by atoms with Gasteiger partial charge in [-0.1, -0.05) is 59.8 Å². The number of halogens is 1. The third-order valence-electron chi connectivity index (χ3n) is 4.28. The lowest BCUT2D eigenvalue weighted by atomic mass is 10.1. The number of benzene rings is 2. The van der Waals surface area contributed by atoms with Crippen molar-refractivity contribution in [1.29, 1.82) is 0 Å². The second-order valence-electron chi connectivity index (χ2n) is 7.30. The maximum Gasteiger partial charge on any atom is 0.209 e. The number of thioether (sulfide) groups is 1. The molecule has 3 rings (SSSR count). The first-order valence-corrected chi connectivity index (χ1v) is 12.6. The summed E-state index contributed by atoms with van der Waals surface area (Å²) in [6, 6.07) is 17.9. The van der Waals surface area contributed by atoms with Crippen LogP contribution in [0.4, 0.5) is 0 Å². The third-order valence-corrected chi connectivity index (χ3v) is 9.28. The van der Waals surface area contributed by atoms with Crippen LogP contribution in [0.3, 0.4) is 0 Å². The van der Waals surface area contributed by atoms with Gasteiger partial charge in [0.25, 0.3) is 0 Å². The maximum absolute atomic E-state index is 12.9. The van der Waals surface area contributed by atoms with Crippen molar-refractivity contribution < 1.29 is 9.32 Å². The molecule has 1 N–H and O–H groups in total. The van der Waals surface area contributed by atoms with Crippen molar-refractivity contribution in [3.8, 4) is 5.75 Å². The minimum absolute atomic E-state index is 0.0603. The van der Waals surface area contributed by atoms with E-state index < -0.39 is 12.2 Å². The van der Waals surface area contributed by atoms with Gasteiger partial charge >= 0.3 is 0 Å². The van der Waals surface area contributed by atoms with E-state index in [4.69, 9.17) is 15.8 Å². The van der Waals surface area contributed by atoms with Crippen LogP contribution in [-0.4, -0.2) is 15.9 Å². The Labute approximate surface area is 170 Å². The Hall–Kier alpha value is -1.19. The molecule has 3 nitrogen and oxygen atoms in total. The van der Waals surface area contributed by atoms with Crippen molar-refractivity contribution >= 4 is 40.0 Å². The van der Waals surface area contributed by atoms with Crippen LogP contribution in [0.15, 0.2) is 54.6 Å². The van der Waals surface area contributed by atoms with Crippen LogP contribution in [0.25, 0.3) is 0 Å². The van der Waals surface area contributed by atoms with Crippen LogP contribution in [0.2, 0.25) is 0 Å². The lowest BCUT2D eigenvalue weighted by molar-refractivity contribution is -0.115. The fourth-order valence-electron chi connectivity index (χ4n) is 2.56. The molecule has 1 fully saturated rings. The van der Waals surface area contributed by atoms with E-state index in [0.717, 1.165) is 24.2 Å².